The average Bonchev–Trinajstić information content (AvgIpc) is 2.92. The number of ether oxygens (including phenoxy) is 2. The second kappa shape index (κ2) is 12.8. The number of rotatable bonds is 9. The van der Waals surface area contributed by atoms with E-state index in [0.717, 1.165) is 5.56 Å². The predicted molar refractivity (Wildman–Crippen MR) is 137 cm³/mol. The minimum Gasteiger partial charge on any atom is -0.746 e. The SMILES string of the molecule is COc1ccc(CN=NC2(S(=O)(=O)[O-])c3ccccc3C(=NNCc3ccc(OC)cc3)C(=O)C2O)cc1.[Na+]. The van der Waals surface area contributed by atoms with E-state index in [4.69, 9.17) is 9.47 Å². The first kappa shape index (κ1) is 30.4. The Bertz CT molecular complexity index is 1480. The molecule has 0 bridgehead atoms. The summed E-state index contributed by atoms with van der Waals surface area (Å²) < 4.78 is 48.0. The first-order valence-corrected chi connectivity index (χ1v) is 12.8. The van der Waals surface area contributed by atoms with Crippen molar-refractivity contribution in [1.29, 1.82) is 0 Å². The van der Waals surface area contributed by atoms with E-state index in [2.05, 4.69) is 20.8 Å². The maximum absolute atomic E-state index is 13.2. The molecule has 0 saturated carbocycles. The molecule has 3 aromatic carbocycles. The van der Waals surface area contributed by atoms with Crippen molar-refractivity contribution < 1.29 is 61.9 Å². The third-order valence-corrected chi connectivity index (χ3v) is 7.35. The number of carbonyl (C=O) groups excluding carboxylic acids is 1. The average molecular weight is 561 g/mol. The molecular weight excluding hydrogens is 535 g/mol. The van der Waals surface area contributed by atoms with Crippen LogP contribution in [0.5, 0.6) is 11.5 Å². The number of carbonyl (C=O) groups is 1. The summed E-state index contributed by atoms with van der Waals surface area (Å²) in [6, 6.07) is 19.6. The Labute approximate surface area is 248 Å². The Hall–Kier alpha value is -3.13. The molecule has 4 rings (SSSR count). The molecule has 0 fully saturated rings. The number of Topliss-reactive ketones (excluding diaryl/α,β-unsaturated/α-hetero) is 1. The van der Waals surface area contributed by atoms with E-state index >= 15 is 0 Å². The number of ketones is 1. The van der Waals surface area contributed by atoms with E-state index in [0.29, 0.717) is 17.1 Å². The van der Waals surface area contributed by atoms with E-state index in [1.807, 2.05) is 0 Å². The van der Waals surface area contributed by atoms with E-state index in [9.17, 15) is 22.9 Å². The molecule has 198 valence electrons. The second-order valence-electron chi connectivity index (χ2n) is 8.35. The van der Waals surface area contributed by atoms with Crippen LogP contribution in [0.15, 0.2) is 88.1 Å². The van der Waals surface area contributed by atoms with Crippen LogP contribution in [-0.2, 0) is 32.9 Å². The minimum atomic E-state index is -5.43. The first-order chi connectivity index (χ1) is 18.2. The largest absolute Gasteiger partial charge is 1.00 e. The molecule has 2 N–H and O–H groups in total. The topological polar surface area (TPSA) is 162 Å². The molecule has 0 amide bonds. The number of nitrogens with one attached hydrogen (secondary N) is 1. The number of fused-ring (bicyclic) bond motifs is 1. The Morgan fingerprint density at radius 1 is 0.949 bits per heavy atom. The van der Waals surface area contributed by atoms with Gasteiger partial charge in [-0.15, -0.1) is 0 Å². The summed E-state index contributed by atoms with van der Waals surface area (Å²) in [5.41, 5.74) is 3.86. The molecule has 2 unspecified atom stereocenters. The smallest absolute Gasteiger partial charge is 0.746 e. The number of nitrogens with zero attached hydrogens (tertiary/aromatic N) is 3. The molecule has 0 spiro atoms. The molecule has 1 aliphatic rings. The van der Waals surface area contributed by atoms with Gasteiger partial charge in [0, 0.05) is 11.1 Å². The zero-order chi connectivity index (χ0) is 27.3. The van der Waals surface area contributed by atoms with E-state index in [1.54, 1.807) is 61.7 Å². The predicted octanol–water partition coefficient (Wildman–Crippen LogP) is -0.504. The number of azo groups is 1. The van der Waals surface area contributed by atoms with Crippen molar-refractivity contribution in [1.82, 2.24) is 5.43 Å². The van der Waals surface area contributed by atoms with Gasteiger partial charge in [-0.25, -0.2) is 8.42 Å². The molecule has 0 aliphatic heterocycles. The first-order valence-electron chi connectivity index (χ1n) is 11.4. The van der Waals surface area contributed by atoms with Gasteiger partial charge < -0.3 is 24.6 Å². The summed E-state index contributed by atoms with van der Waals surface area (Å²) in [6.07, 6.45) is -2.36. The number of aliphatic hydroxyl groups is 1. The quantitative estimate of drug-likeness (QED) is 0.153. The Kier molecular flexibility index (Phi) is 9.99. The second-order valence-corrected chi connectivity index (χ2v) is 9.88. The number of hydrogen-bond acceptors (Lipinski definition) is 11. The summed E-state index contributed by atoms with van der Waals surface area (Å²) in [7, 11) is -2.36. The molecule has 2 atom stereocenters. The monoisotopic (exact) mass is 560 g/mol. The molecular formula is C26H25N4NaO7S. The van der Waals surface area contributed by atoms with Crippen LogP contribution >= 0.6 is 0 Å². The molecule has 0 aromatic heterocycles. The maximum atomic E-state index is 13.2. The van der Waals surface area contributed by atoms with Crippen LogP contribution in [0.4, 0.5) is 0 Å². The van der Waals surface area contributed by atoms with Crippen LogP contribution in [0, 0.1) is 0 Å². The molecule has 1 aliphatic carbocycles. The number of hydrazone groups is 1. The summed E-state index contributed by atoms with van der Waals surface area (Å²) in [5, 5.41) is 22.8. The Morgan fingerprint density at radius 3 is 2.08 bits per heavy atom. The fraction of sp³-hybridized carbons (Fsp3) is 0.231. The van der Waals surface area contributed by atoms with Crippen molar-refractivity contribution in [2.75, 3.05) is 14.2 Å². The number of methoxy groups -OCH3 is 2. The van der Waals surface area contributed by atoms with Crippen molar-refractivity contribution >= 4 is 21.6 Å². The van der Waals surface area contributed by atoms with Crippen LogP contribution in [0.3, 0.4) is 0 Å². The van der Waals surface area contributed by atoms with Crippen LogP contribution in [-0.4, -0.2) is 49.9 Å². The minimum absolute atomic E-state index is 0. The van der Waals surface area contributed by atoms with Gasteiger partial charge in [-0.3, -0.25) is 4.79 Å². The fourth-order valence-corrected chi connectivity index (χ4v) is 5.03. The molecule has 0 heterocycles. The van der Waals surface area contributed by atoms with E-state index in [1.165, 1.54) is 25.3 Å². The van der Waals surface area contributed by atoms with Crippen molar-refractivity contribution in [3.8, 4) is 11.5 Å². The Morgan fingerprint density at radius 2 is 1.51 bits per heavy atom. The van der Waals surface area contributed by atoms with Crippen molar-refractivity contribution in [2.24, 2.45) is 15.3 Å². The van der Waals surface area contributed by atoms with Crippen LogP contribution in [0.25, 0.3) is 0 Å². The number of aliphatic hydroxyl groups excluding tert-OH is 1. The van der Waals surface area contributed by atoms with E-state index < -0.39 is 26.9 Å². The van der Waals surface area contributed by atoms with Gasteiger partial charge in [0.05, 0.1) is 27.3 Å². The number of hydrogen-bond donors (Lipinski definition) is 2. The van der Waals surface area contributed by atoms with E-state index in [-0.39, 0.29) is 59.5 Å². The zero-order valence-corrected chi connectivity index (χ0v) is 24.4. The summed E-state index contributed by atoms with van der Waals surface area (Å²) in [5.74, 6) is 0.212. The molecule has 39 heavy (non-hydrogen) atoms. The van der Waals surface area contributed by atoms with Gasteiger partial charge in [-0.2, -0.15) is 15.3 Å². The molecule has 11 nitrogen and oxygen atoms in total. The molecule has 3 aromatic rings. The Balaban J connectivity index is 0.00000420. The fourth-order valence-electron chi connectivity index (χ4n) is 4.04. The summed E-state index contributed by atoms with van der Waals surface area (Å²) in [6.45, 7) is 0.125. The van der Waals surface area contributed by atoms with Gasteiger partial charge >= 0.3 is 29.6 Å². The van der Waals surface area contributed by atoms with Gasteiger partial charge in [0.1, 0.15) is 27.3 Å². The summed E-state index contributed by atoms with van der Waals surface area (Å²) >= 11 is 0. The number of benzene rings is 3. The van der Waals surface area contributed by atoms with Crippen molar-refractivity contribution in [2.45, 2.75) is 24.1 Å². The van der Waals surface area contributed by atoms with Gasteiger partial charge in [-0.1, -0.05) is 48.5 Å². The van der Waals surface area contributed by atoms with Crippen molar-refractivity contribution in [3.63, 3.8) is 0 Å². The van der Waals surface area contributed by atoms with Crippen LogP contribution < -0.4 is 44.5 Å². The maximum Gasteiger partial charge on any atom is 1.00 e. The van der Waals surface area contributed by atoms with Crippen molar-refractivity contribution in [3.05, 3.63) is 95.1 Å². The standard InChI is InChI=1S/C26H26N4O7S.Na/c1-36-19-11-7-17(8-12-19)15-27-29-23-21-5-3-4-6-22(21)26(38(33,34)35,25(32)24(23)31)30-28-16-18-9-13-20(37-2)14-10-18;/h3-14,25,27,32H,15-16H2,1-2H3,(H,33,34,35);/q;+1/p-1. The normalized spacial score (nSPS) is 19.8. The van der Waals surface area contributed by atoms with Crippen LogP contribution in [0.2, 0.25) is 0 Å². The van der Waals surface area contributed by atoms with Gasteiger partial charge in [0.2, 0.25) is 10.7 Å². The summed E-state index contributed by atoms with van der Waals surface area (Å²) in [4.78, 5) is 10.4. The third kappa shape index (κ3) is 6.21. The van der Waals surface area contributed by atoms with Gasteiger partial charge in [0.15, 0.2) is 6.10 Å². The van der Waals surface area contributed by atoms with Crippen LogP contribution in [0.1, 0.15) is 22.3 Å². The zero-order valence-electron chi connectivity index (χ0n) is 21.6. The molecule has 0 radical (unpaired) electrons. The third-order valence-electron chi connectivity index (χ3n) is 6.07. The molecule has 0 saturated heterocycles. The van der Waals surface area contributed by atoms with Gasteiger partial charge in [-0.05, 0) is 35.4 Å². The molecule has 13 heteroatoms. The van der Waals surface area contributed by atoms with Gasteiger partial charge in [0.25, 0.3) is 0 Å².